The van der Waals surface area contributed by atoms with E-state index in [2.05, 4.69) is 25.3 Å². The lowest BCUT2D eigenvalue weighted by atomic mass is 10.2. The number of nitrogens with one attached hydrogen (secondary N) is 2. The minimum atomic E-state index is -0.280. The van der Waals surface area contributed by atoms with E-state index in [1.807, 2.05) is 47.8 Å². The first-order chi connectivity index (χ1) is 17.2. The largest absolute Gasteiger partial charge is 0.486 e. The highest BCUT2D eigenvalue weighted by atomic mass is 32.1. The van der Waals surface area contributed by atoms with Gasteiger partial charge in [-0.1, -0.05) is 18.2 Å². The zero-order valence-corrected chi connectivity index (χ0v) is 19.3. The number of aliphatic hydroxyl groups excluding tert-OH is 1. The number of hydrogen-bond donors (Lipinski definition) is 3. The average Bonchev–Trinajstić information content (AvgIpc) is 3.36. The van der Waals surface area contributed by atoms with E-state index in [9.17, 15) is 4.79 Å². The van der Waals surface area contributed by atoms with Gasteiger partial charge in [-0.05, 0) is 42.5 Å². The standard InChI is InChI=1S/C25H21N5O4S/c31-13-12-27-25-28-20(15-35-25)23-22-19(10-11-26-23)24(32)30-21(29-22)14-33-16-6-8-18(9-7-16)34-17-4-2-1-3-5-17/h1-11,15,31H,12-14H2,(H,27,28)(H,29,30,32). The molecule has 0 unspecified atom stereocenters. The van der Waals surface area contributed by atoms with Crippen LogP contribution >= 0.6 is 11.3 Å². The number of benzene rings is 2. The lowest BCUT2D eigenvalue weighted by Crippen LogP contribution is -2.14. The fourth-order valence-electron chi connectivity index (χ4n) is 3.37. The second-order valence-corrected chi connectivity index (χ2v) is 8.29. The third kappa shape index (κ3) is 5.29. The summed E-state index contributed by atoms with van der Waals surface area (Å²) in [5.74, 6) is 2.42. The van der Waals surface area contributed by atoms with Crippen molar-refractivity contribution >= 4 is 27.4 Å². The van der Waals surface area contributed by atoms with Crippen LogP contribution < -0.4 is 20.3 Å². The predicted octanol–water partition coefficient (Wildman–Crippen LogP) is 4.22. The molecule has 176 valence electrons. The van der Waals surface area contributed by atoms with E-state index in [1.165, 1.54) is 11.3 Å². The number of para-hydroxylation sites is 1. The number of aromatic amines is 1. The Morgan fingerprint density at radius 2 is 1.74 bits per heavy atom. The summed E-state index contributed by atoms with van der Waals surface area (Å²) in [5, 5.41) is 14.9. The van der Waals surface area contributed by atoms with Crippen LogP contribution in [0.25, 0.3) is 22.3 Å². The molecule has 0 aliphatic rings. The molecule has 0 saturated carbocycles. The van der Waals surface area contributed by atoms with Crippen LogP contribution in [0, 0.1) is 0 Å². The molecule has 5 aromatic rings. The monoisotopic (exact) mass is 487 g/mol. The van der Waals surface area contributed by atoms with Crippen molar-refractivity contribution in [1.82, 2.24) is 19.9 Å². The topological polar surface area (TPSA) is 122 Å². The normalized spacial score (nSPS) is 10.9. The molecule has 0 fully saturated rings. The molecule has 9 nitrogen and oxygen atoms in total. The van der Waals surface area contributed by atoms with Crippen molar-refractivity contribution in [2.45, 2.75) is 6.61 Å². The molecule has 0 amide bonds. The maximum atomic E-state index is 12.7. The summed E-state index contributed by atoms with van der Waals surface area (Å²) in [7, 11) is 0. The van der Waals surface area contributed by atoms with Gasteiger partial charge in [-0.25, -0.2) is 9.97 Å². The molecule has 0 aliphatic carbocycles. The van der Waals surface area contributed by atoms with Gasteiger partial charge in [0.1, 0.15) is 46.6 Å². The van der Waals surface area contributed by atoms with Gasteiger partial charge in [-0.15, -0.1) is 11.3 Å². The number of nitrogens with zero attached hydrogens (tertiary/aromatic N) is 3. The minimum absolute atomic E-state index is 0.00446. The lowest BCUT2D eigenvalue weighted by molar-refractivity contribution is 0.295. The van der Waals surface area contributed by atoms with Crippen molar-refractivity contribution in [3.8, 4) is 28.6 Å². The number of ether oxygens (including phenoxy) is 2. The second-order valence-electron chi connectivity index (χ2n) is 7.43. The Labute approximate surface area is 204 Å². The van der Waals surface area contributed by atoms with E-state index >= 15 is 0 Å². The molecule has 0 atom stereocenters. The van der Waals surface area contributed by atoms with Crippen LogP contribution in [0.4, 0.5) is 5.13 Å². The summed E-state index contributed by atoms with van der Waals surface area (Å²) in [6.45, 7) is 0.470. The van der Waals surface area contributed by atoms with Crippen LogP contribution in [0.15, 0.2) is 77.0 Å². The molecule has 0 spiro atoms. The van der Waals surface area contributed by atoms with Crippen molar-refractivity contribution in [1.29, 1.82) is 0 Å². The number of thiazole rings is 1. The van der Waals surface area contributed by atoms with Crippen LogP contribution in [-0.2, 0) is 6.61 Å². The fourth-order valence-corrected chi connectivity index (χ4v) is 4.10. The summed E-state index contributed by atoms with van der Waals surface area (Å²) in [4.78, 5) is 29.0. The number of hydrogen-bond acceptors (Lipinski definition) is 9. The second kappa shape index (κ2) is 10.3. The number of rotatable bonds is 9. The summed E-state index contributed by atoms with van der Waals surface area (Å²) in [6.07, 6.45) is 1.56. The Morgan fingerprint density at radius 1 is 0.971 bits per heavy atom. The Balaban J connectivity index is 1.34. The Kier molecular flexibility index (Phi) is 6.64. The van der Waals surface area contributed by atoms with Crippen molar-refractivity contribution in [3.05, 3.63) is 88.4 Å². The molecule has 10 heteroatoms. The summed E-state index contributed by atoms with van der Waals surface area (Å²) in [6, 6.07) is 18.3. The van der Waals surface area contributed by atoms with Crippen LogP contribution in [0.3, 0.4) is 0 Å². The van der Waals surface area contributed by atoms with Crippen LogP contribution in [0.5, 0.6) is 17.2 Å². The summed E-state index contributed by atoms with van der Waals surface area (Å²) < 4.78 is 11.6. The van der Waals surface area contributed by atoms with E-state index in [4.69, 9.17) is 14.6 Å². The Hall–Kier alpha value is -4.28. The molecule has 0 saturated heterocycles. The molecule has 0 bridgehead atoms. The molecule has 3 aromatic heterocycles. The van der Waals surface area contributed by atoms with Crippen molar-refractivity contribution < 1.29 is 14.6 Å². The first-order valence-electron chi connectivity index (χ1n) is 10.8. The van der Waals surface area contributed by atoms with Crippen molar-refractivity contribution in [3.63, 3.8) is 0 Å². The molecule has 3 N–H and O–H groups in total. The lowest BCUT2D eigenvalue weighted by Gasteiger charge is -2.09. The van der Waals surface area contributed by atoms with Gasteiger partial charge in [0.25, 0.3) is 5.56 Å². The van der Waals surface area contributed by atoms with Gasteiger partial charge in [0.05, 0.1) is 12.0 Å². The highest BCUT2D eigenvalue weighted by Gasteiger charge is 2.14. The van der Waals surface area contributed by atoms with Gasteiger partial charge < -0.3 is 24.9 Å². The maximum Gasteiger partial charge on any atom is 0.258 e. The van der Waals surface area contributed by atoms with Crippen molar-refractivity contribution in [2.75, 3.05) is 18.5 Å². The Bertz CT molecular complexity index is 1490. The van der Waals surface area contributed by atoms with Crippen molar-refractivity contribution in [2.24, 2.45) is 0 Å². The highest BCUT2D eigenvalue weighted by Crippen LogP contribution is 2.28. The molecular weight excluding hydrogens is 466 g/mol. The third-order valence-corrected chi connectivity index (χ3v) is 5.79. The molecule has 2 aromatic carbocycles. The van der Waals surface area contributed by atoms with Gasteiger partial charge in [0, 0.05) is 18.1 Å². The number of H-pyrrole nitrogens is 1. The number of fused-ring (bicyclic) bond motifs is 1. The van der Waals surface area contributed by atoms with Gasteiger partial charge in [-0.2, -0.15) is 0 Å². The minimum Gasteiger partial charge on any atom is -0.486 e. The molecule has 0 aliphatic heterocycles. The maximum absolute atomic E-state index is 12.7. The van der Waals surface area contributed by atoms with Crippen LogP contribution in [0.1, 0.15) is 5.82 Å². The van der Waals surface area contributed by atoms with Gasteiger partial charge in [0.15, 0.2) is 5.13 Å². The molecule has 0 radical (unpaired) electrons. The predicted molar refractivity (Wildman–Crippen MR) is 134 cm³/mol. The number of aliphatic hydroxyl groups is 1. The fraction of sp³-hybridized carbons (Fsp3) is 0.120. The van der Waals surface area contributed by atoms with Gasteiger partial charge in [-0.3, -0.25) is 9.78 Å². The third-order valence-electron chi connectivity index (χ3n) is 4.99. The zero-order chi connectivity index (χ0) is 24.0. The Morgan fingerprint density at radius 3 is 2.54 bits per heavy atom. The van der Waals surface area contributed by atoms with E-state index in [0.29, 0.717) is 51.3 Å². The number of aromatic nitrogens is 4. The average molecular weight is 488 g/mol. The van der Waals surface area contributed by atoms with E-state index < -0.39 is 0 Å². The summed E-state index contributed by atoms with van der Waals surface area (Å²) >= 11 is 1.39. The first kappa shape index (κ1) is 22.5. The van der Waals surface area contributed by atoms with E-state index in [0.717, 1.165) is 5.75 Å². The summed E-state index contributed by atoms with van der Waals surface area (Å²) in [5.41, 5.74) is 1.27. The number of anilines is 1. The van der Waals surface area contributed by atoms with Crippen LogP contribution in [-0.4, -0.2) is 38.2 Å². The van der Waals surface area contributed by atoms with Crippen LogP contribution in [0.2, 0.25) is 0 Å². The quantitative estimate of drug-likeness (QED) is 0.283. The van der Waals surface area contributed by atoms with E-state index in [-0.39, 0.29) is 18.8 Å². The van der Waals surface area contributed by atoms with Gasteiger partial charge >= 0.3 is 0 Å². The first-order valence-corrected chi connectivity index (χ1v) is 11.7. The number of pyridine rings is 1. The van der Waals surface area contributed by atoms with E-state index in [1.54, 1.807) is 24.4 Å². The smallest absolute Gasteiger partial charge is 0.258 e. The molecule has 35 heavy (non-hydrogen) atoms. The molecular formula is C25H21N5O4S. The zero-order valence-electron chi connectivity index (χ0n) is 18.5. The highest BCUT2D eigenvalue weighted by molar-refractivity contribution is 7.14. The SMILES string of the molecule is O=c1[nH]c(COc2ccc(Oc3ccccc3)cc2)nc2c(-c3csc(NCCO)n3)nccc12. The molecule has 3 heterocycles. The molecule has 5 rings (SSSR count). The van der Waals surface area contributed by atoms with Gasteiger partial charge in [0.2, 0.25) is 0 Å².